The Morgan fingerprint density at radius 2 is 2.03 bits per heavy atom. The third-order valence-electron chi connectivity index (χ3n) is 4.71. The van der Waals surface area contributed by atoms with Gasteiger partial charge < -0.3 is 19.3 Å². The smallest absolute Gasteiger partial charge is 0.316 e. The molecule has 2 aromatic carbocycles. The first kappa shape index (κ1) is 18.4. The molecule has 8 heteroatoms. The number of hydrogen-bond donors (Lipinski definition) is 2. The fourth-order valence-electron chi connectivity index (χ4n) is 3.22. The summed E-state index contributed by atoms with van der Waals surface area (Å²) in [5, 5.41) is 2.84. The minimum absolute atomic E-state index is 0.343. The summed E-state index contributed by atoms with van der Waals surface area (Å²) >= 11 is 0. The van der Waals surface area contributed by atoms with Crippen LogP contribution in [-0.4, -0.2) is 20.4 Å². The number of aromatic amines is 1. The molecule has 0 spiro atoms. The molecule has 0 bridgehead atoms. The summed E-state index contributed by atoms with van der Waals surface area (Å²) in [6.45, 7) is 4.07. The highest BCUT2D eigenvalue weighted by atomic mass is 16.3. The van der Waals surface area contributed by atoms with Gasteiger partial charge in [-0.15, -0.1) is 0 Å². The minimum atomic E-state index is -0.717. The van der Waals surface area contributed by atoms with Crippen molar-refractivity contribution >= 4 is 22.6 Å². The Kier molecular flexibility index (Phi) is 4.59. The number of benzene rings is 2. The molecule has 2 N–H and O–H groups in total. The van der Waals surface area contributed by atoms with Crippen LogP contribution >= 0.6 is 0 Å². The predicted octanol–water partition coefficient (Wildman–Crippen LogP) is 2.93. The number of oxazole rings is 1. The number of H-pyrrole nitrogens is 1. The molecule has 0 saturated heterocycles. The molecule has 1 amide bonds. The molecule has 0 unspecified atom stereocenters. The third kappa shape index (κ3) is 3.36. The van der Waals surface area contributed by atoms with Gasteiger partial charge in [0.25, 0.3) is 5.91 Å². The van der Waals surface area contributed by atoms with Crippen LogP contribution in [-0.2, 0) is 6.54 Å². The molecule has 0 radical (unpaired) electrons. The Balaban J connectivity index is 1.68. The first-order valence-electron chi connectivity index (χ1n) is 9.06. The van der Waals surface area contributed by atoms with E-state index in [-0.39, 0.29) is 5.91 Å². The topological polar surface area (TPSA) is 110 Å². The lowest BCUT2D eigenvalue weighted by molar-refractivity contribution is 0.102. The molecule has 8 nitrogen and oxygen atoms in total. The van der Waals surface area contributed by atoms with Gasteiger partial charge in [0.1, 0.15) is 6.26 Å². The van der Waals surface area contributed by atoms with Crippen molar-refractivity contribution in [2.45, 2.75) is 20.4 Å². The van der Waals surface area contributed by atoms with Gasteiger partial charge in [0.15, 0.2) is 0 Å². The van der Waals surface area contributed by atoms with E-state index >= 15 is 0 Å². The molecule has 2 aromatic heterocycles. The zero-order valence-corrected chi connectivity index (χ0v) is 15.9. The average Bonchev–Trinajstić information content (AvgIpc) is 3.24. The van der Waals surface area contributed by atoms with Crippen LogP contribution in [0.2, 0.25) is 0 Å². The number of aryl methyl sites for hydroxylation is 2. The van der Waals surface area contributed by atoms with Crippen molar-refractivity contribution in [1.82, 2.24) is 14.5 Å². The van der Waals surface area contributed by atoms with Crippen molar-refractivity contribution in [1.29, 1.82) is 0 Å². The molecule has 0 aliphatic rings. The first-order valence-corrected chi connectivity index (χ1v) is 9.06. The molecule has 0 atom stereocenters. The molecule has 2 heterocycles. The van der Waals surface area contributed by atoms with Gasteiger partial charge in [0.05, 0.1) is 17.2 Å². The number of hydrogen-bond acceptors (Lipinski definition) is 5. The summed E-state index contributed by atoms with van der Waals surface area (Å²) in [6, 6.07) is 10.3. The fraction of sp³-hybridized carbons (Fsp3) is 0.143. The quantitative estimate of drug-likeness (QED) is 0.521. The summed E-state index contributed by atoms with van der Waals surface area (Å²) in [6.07, 6.45) is 3.05. The molecular formula is C21H18N4O4. The highest BCUT2D eigenvalue weighted by Gasteiger charge is 2.13. The van der Waals surface area contributed by atoms with Crippen molar-refractivity contribution in [3.63, 3.8) is 0 Å². The number of anilines is 1. The van der Waals surface area contributed by atoms with Crippen LogP contribution in [0.5, 0.6) is 0 Å². The lowest BCUT2D eigenvalue weighted by Crippen LogP contribution is -2.36. The SMILES string of the molecule is CCn1c(=O)c(=O)[nH]c2cc(C(=O)Nc3ccc(C)c(-c4ncco4)c3)ccc21. The van der Waals surface area contributed by atoms with Crippen molar-refractivity contribution in [3.05, 3.63) is 80.7 Å². The predicted molar refractivity (Wildman–Crippen MR) is 109 cm³/mol. The molecule has 146 valence electrons. The maximum Gasteiger partial charge on any atom is 0.316 e. The molecule has 29 heavy (non-hydrogen) atoms. The van der Waals surface area contributed by atoms with Crippen LogP contribution in [0.4, 0.5) is 5.69 Å². The number of carbonyl (C=O) groups is 1. The van der Waals surface area contributed by atoms with Crippen LogP contribution in [0.1, 0.15) is 22.8 Å². The number of aromatic nitrogens is 3. The lowest BCUT2D eigenvalue weighted by Gasteiger charge is -2.10. The van der Waals surface area contributed by atoms with Crippen LogP contribution < -0.4 is 16.4 Å². The second kappa shape index (κ2) is 7.23. The molecule has 0 saturated carbocycles. The van der Waals surface area contributed by atoms with E-state index in [9.17, 15) is 14.4 Å². The summed E-state index contributed by atoms with van der Waals surface area (Å²) < 4.78 is 6.72. The molecule has 0 aliphatic heterocycles. The van der Waals surface area contributed by atoms with Crippen molar-refractivity contribution in [3.8, 4) is 11.5 Å². The second-order valence-corrected chi connectivity index (χ2v) is 6.56. The Morgan fingerprint density at radius 3 is 2.76 bits per heavy atom. The van der Waals surface area contributed by atoms with Crippen LogP contribution in [0.3, 0.4) is 0 Å². The summed E-state index contributed by atoms with van der Waals surface area (Å²) in [5.74, 6) is 0.128. The maximum atomic E-state index is 12.7. The molecule has 0 fully saturated rings. The number of amides is 1. The van der Waals surface area contributed by atoms with Crippen LogP contribution in [0, 0.1) is 6.92 Å². The summed E-state index contributed by atoms with van der Waals surface area (Å²) in [7, 11) is 0. The Hall–Kier alpha value is -3.94. The van der Waals surface area contributed by atoms with Gasteiger partial charge in [0.2, 0.25) is 5.89 Å². The van der Waals surface area contributed by atoms with E-state index in [0.717, 1.165) is 11.1 Å². The van der Waals surface area contributed by atoms with E-state index in [0.29, 0.717) is 34.7 Å². The van der Waals surface area contributed by atoms with Gasteiger partial charge in [-0.3, -0.25) is 14.4 Å². The van der Waals surface area contributed by atoms with Gasteiger partial charge in [-0.25, -0.2) is 4.98 Å². The van der Waals surface area contributed by atoms with Crippen LogP contribution in [0.15, 0.2) is 62.9 Å². The highest BCUT2D eigenvalue weighted by molar-refractivity contribution is 6.06. The fourth-order valence-corrected chi connectivity index (χ4v) is 3.22. The summed E-state index contributed by atoms with van der Waals surface area (Å²) in [5.41, 5.74) is 2.34. The average molecular weight is 390 g/mol. The third-order valence-corrected chi connectivity index (χ3v) is 4.71. The van der Waals surface area contributed by atoms with E-state index in [2.05, 4.69) is 15.3 Å². The highest BCUT2D eigenvalue weighted by Crippen LogP contribution is 2.25. The Bertz CT molecular complexity index is 1330. The molecule has 4 aromatic rings. The zero-order chi connectivity index (χ0) is 20.5. The summed E-state index contributed by atoms with van der Waals surface area (Å²) in [4.78, 5) is 43.2. The normalized spacial score (nSPS) is 11.0. The Morgan fingerprint density at radius 1 is 1.21 bits per heavy atom. The largest absolute Gasteiger partial charge is 0.445 e. The Labute approximate surface area is 164 Å². The number of carbonyl (C=O) groups excluding carboxylic acids is 1. The number of rotatable bonds is 4. The van der Waals surface area contributed by atoms with E-state index in [1.807, 2.05) is 13.0 Å². The van der Waals surface area contributed by atoms with E-state index < -0.39 is 11.1 Å². The second-order valence-electron chi connectivity index (χ2n) is 6.56. The number of nitrogens with zero attached hydrogens (tertiary/aromatic N) is 2. The van der Waals surface area contributed by atoms with Crippen LogP contribution in [0.25, 0.3) is 22.5 Å². The monoisotopic (exact) mass is 390 g/mol. The number of fused-ring (bicyclic) bond motifs is 1. The van der Waals surface area contributed by atoms with E-state index in [1.165, 1.54) is 10.8 Å². The zero-order valence-electron chi connectivity index (χ0n) is 15.9. The molecular weight excluding hydrogens is 372 g/mol. The molecule has 4 rings (SSSR count). The van der Waals surface area contributed by atoms with Crippen molar-refractivity contribution in [2.24, 2.45) is 0 Å². The minimum Gasteiger partial charge on any atom is -0.445 e. The lowest BCUT2D eigenvalue weighted by atomic mass is 10.1. The van der Waals surface area contributed by atoms with Crippen molar-refractivity contribution in [2.75, 3.05) is 5.32 Å². The van der Waals surface area contributed by atoms with Gasteiger partial charge in [-0.2, -0.15) is 0 Å². The van der Waals surface area contributed by atoms with Gasteiger partial charge in [0, 0.05) is 23.4 Å². The van der Waals surface area contributed by atoms with Crippen molar-refractivity contribution < 1.29 is 9.21 Å². The van der Waals surface area contributed by atoms with Gasteiger partial charge in [-0.1, -0.05) is 6.07 Å². The van der Waals surface area contributed by atoms with E-state index in [4.69, 9.17) is 4.42 Å². The maximum absolute atomic E-state index is 12.7. The van der Waals surface area contributed by atoms with Gasteiger partial charge >= 0.3 is 11.1 Å². The van der Waals surface area contributed by atoms with Gasteiger partial charge in [-0.05, 0) is 49.7 Å². The standard InChI is InChI=1S/C21H18N4O4/c1-3-25-17-7-5-13(10-16(17)24-19(27)21(25)28)18(26)23-14-6-4-12(2)15(11-14)20-22-8-9-29-20/h4-11H,3H2,1-2H3,(H,23,26)(H,24,27). The van der Waals surface area contributed by atoms with E-state index in [1.54, 1.807) is 43.5 Å². The molecule has 0 aliphatic carbocycles. The first-order chi connectivity index (χ1) is 14.0. The number of nitrogens with one attached hydrogen (secondary N) is 2.